The minimum Gasteiger partial charge on any atom is -0.392 e. The molecule has 0 heterocycles. The highest BCUT2D eigenvalue weighted by atomic mass is 16.3. The first-order chi connectivity index (χ1) is 14.9. The van der Waals surface area contributed by atoms with Crippen LogP contribution >= 0.6 is 0 Å². The Bertz CT molecular complexity index is 1000. The van der Waals surface area contributed by atoms with Gasteiger partial charge in [0.25, 0.3) is 0 Å². The number of nitrogens with two attached hydrogens (primary N) is 2. The van der Waals surface area contributed by atoms with E-state index < -0.39 is 5.91 Å². The Hall–Kier alpha value is -2.17. The summed E-state index contributed by atoms with van der Waals surface area (Å²) in [7, 11) is 0. The lowest BCUT2D eigenvalue weighted by Crippen LogP contribution is -2.44. The van der Waals surface area contributed by atoms with Crippen molar-refractivity contribution in [3.63, 3.8) is 0 Å². The molecule has 2 aromatic carbocycles. The second-order valence-corrected chi connectivity index (χ2v) is 10.4. The molecule has 31 heavy (non-hydrogen) atoms. The molecular weight excluding hydrogens is 384 g/mol. The van der Waals surface area contributed by atoms with Crippen molar-refractivity contribution in [2.75, 3.05) is 0 Å². The quantitative estimate of drug-likeness (QED) is 0.703. The first-order valence-corrected chi connectivity index (χ1v) is 11.8. The molecule has 0 bridgehead atoms. The van der Waals surface area contributed by atoms with Crippen LogP contribution in [0.4, 0.5) is 0 Å². The summed E-state index contributed by atoms with van der Waals surface area (Å²) >= 11 is 0. The Morgan fingerprint density at radius 1 is 1.16 bits per heavy atom. The number of aliphatic hydroxyl groups is 1. The molecule has 4 heteroatoms. The van der Waals surface area contributed by atoms with Crippen LogP contribution in [-0.4, -0.2) is 17.1 Å². The van der Waals surface area contributed by atoms with E-state index in [9.17, 15) is 9.90 Å². The molecule has 164 valence electrons. The number of carbonyl (C=O) groups is 1. The minimum atomic E-state index is -0.393. The van der Waals surface area contributed by atoms with Crippen LogP contribution in [0.2, 0.25) is 0 Å². The van der Waals surface area contributed by atoms with E-state index in [1.807, 2.05) is 12.1 Å². The second kappa shape index (κ2) is 7.75. The fourth-order valence-electron chi connectivity index (χ4n) is 7.26. The first-order valence-electron chi connectivity index (χ1n) is 11.8. The number of primary amides is 1. The SMILES string of the molecule is C[C@]12CCC3c4ccc(CN)cc4CCC3C1C[C@H](Cc1cccc(C(N)=O)c1)[C@@H]2O. The Balaban J connectivity index is 1.39. The van der Waals surface area contributed by atoms with Crippen LogP contribution in [0.1, 0.15) is 71.1 Å². The largest absolute Gasteiger partial charge is 0.392 e. The highest BCUT2D eigenvalue weighted by molar-refractivity contribution is 5.92. The van der Waals surface area contributed by atoms with Gasteiger partial charge in [-0.15, -0.1) is 0 Å². The van der Waals surface area contributed by atoms with Crippen molar-refractivity contribution in [2.45, 2.75) is 64.0 Å². The summed E-state index contributed by atoms with van der Waals surface area (Å²) in [5.41, 5.74) is 17.2. The van der Waals surface area contributed by atoms with Gasteiger partial charge >= 0.3 is 0 Å². The Morgan fingerprint density at radius 3 is 2.77 bits per heavy atom. The van der Waals surface area contributed by atoms with E-state index in [4.69, 9.17) is 11.5 Å². The molecule has 2 aromatic rings. The maximum atomic E-state index is 11.6. The van der Waals surface area contributed by atoms with Gasteiger partial charge < -0.3 is 16.6 Å². The number of aryl methyl sites for hydroxylation is 1. The maximum Gasteiger partial charge on any atom is 0.248 e. The van der Waals surface area contributed by atoms with E-state index in [0.717, 1.165) is 37.7 Å². The Kier molecular flexibility index (Phi) is 5.18. The van der Waals surface area contributed by atoms with Crippen molar-refractivity contribution >= 4 is 5.91 Å². The van der Waals surface area contributed by atoms with Gasteiger partial charge in [-0.3, -0.25) is 4.79 Å². The van der Waals surface area contributed by atoms with E-state index in [1.165, 1.54) is 23.1 Å². The Morgan fingerprint density at radius 2 is 2.00 bits per heavy atom. The van der Waals surface area contributed by atoms with Crippen molar-refractivity contribution in [1.29, 1.82) is 0 Å². The van der Waals surface area contributed by atoms with Gasteiger partial charge in [-0.05, 0) is 102 Å². The monoisotopic (exact) mass is 418 g/mol. The van der Waals surface area contributed by atoms with Gasteiger partial charge in [-0.2, -0.15) is 0 Å². The summed E-state index contributed by atoms with van der Waals surface area (Å²) in [4.78, 5) is 11.6. The van der Waals surface area contributed by atoms with E-state index >= 15 is 0 Å². The summed E-state index contributed by atoms with van der Waals surface area (Å²) < 4.78 is 0. The maximum absolute atomic E-state index is 11.6. The van der Waals surface area contributed by atoms with Crippen molar-refractivity contribution in [3.05, 3.63) is 70.3 Å². The van der Waals surface area contributed by atoms with Gasteiger partial charge in [-0.1, -0.05) is 37.3 Å². The molecule has 2 saturated carbocycles. The van der Waals surface area contributed by atoms with Crippen LogP contribution in [0, 0.1) is 23.2 Å². The summed E-state index contributed by atoms with van der Waals surface area (Å²) in [5, 5.41) is 11.4. The lowest BCUT2D eigenvalue weighted by atomic mass is 9.55. The highest BCUT2D eigenvalue weighted by Crippen LogP contribution is 2.62. The fourth-order valence-corrected chi connectivity index (χ4v) is 7.26. The number of benzene rings is 2. The molecule has 0 saturated heterocycles. The molecule has 0 spiro atoms. The van der Waals surface area contributed by atoms with E-state index in [0.29, 0.717) is 29.9 Å². The smallest absolute Gasteiger partial charge is 0.248 e. The normalized spacial score (nSPS) is 34.0. The van der Waals surface area contributed by atoms with Crippen molar-refractivity contribution in [3.8, 4) is 0 Å². The molecule has 2 fully saturated rings. The zero-order chi connectivity index (χ0) is 21.8. The molecule has 3 aliphatic carbocycles. The molecule has 5 rings (SSSR count). The van der Waals surface area contributed by atoms with Gasteiger partial charge in [0.15, 0.2) is 0 Å². The summed E-state index contributed by atoms with van der Waals surface area (Å²) in [6, 6.07) is 14.5. The molecule has 0 aliphatic heterocycles. The van der Waals surface area contributed by atoms with Crippen LogP contribution in [0.3, 0.4) is 0 Å². The van der Waals surface area contributed by atoms with E-state index in [-0.39, 0.29) is 17.4 Å². The van der Waals surface area contributed by atoms with E-state index in [2.05, 4.69) is 31.2 Å². The van der Waals surface area contributed by atoms with Crippen LogP contribution in [0.15, 0.2) is 42.5 Å². The number of carbonyl (C=O) groups excluding carboxylic acids is 1. The molecule has 0 radical (unpaired) electrons. The molecule has 0 aromatic heterocycles. The lowest BCUT2D eigenvalue weighted by Gasteiger charge is -2.50. The molecule has 1 amide bonds. The van der Waals surface area contributed by atoms with Crippen molar-refractivity contribution in [2.24, 2.45) is 34.6 Å². The second-order valence-electron chi connectivity index (χ2n) is 10.4. The Labute approximate surface area is 185 Å². The minimum absolute atomic E-state index is 0.0121. The topological polar surface area (TPSA) is 89.3 Å². The molecule has 4 nitrogen and oxygen atoms in total. The van der Waals surface area contributed by atoms with Gasteiger partial charge in [0.2, 0.25) is 5.91 Å². The average Bonchev–Trinajstić information content (AvgIpc) is 3.03. The molecule has 3 aliphatic rings. The lowest BCUT2D eigenvalue weighted by molar-refractivity contribution is -0.0325. The average molecular weight is 419 g/mol. The fraction of sp³-hybridized carbons (Fsp3) is 0.519. The number of rotatable bonds is 4. The van der Waals surface area contributed by atoms with Crippen LogP contribution < -0.4 is 11.5 Å². The third kappa shape index (κ3) is 3.41. The van der Waals surface area contributed by atoms with E-state index in [1.54, 1.807) is 6.07 Å². The third-order valence-corrected chi connectivity index (χ3v) is 8.85. The molecule has 5 N–H and O–H groups in total. The summed E-state index contributed by atoms with van der Waals surface area (Å²) in [5.74, 6) is 1.64. The molecular formula is C27H34N2O2. The first kappa shape index (κ1) is 20.7. The van der Waals surface area contributed by atoms with Gasteiger partial charge in [-0.25, -0.2) is 0 Å². The zero-order valence-corrected chi connectivity index (χ0v) is 18.4. The molecule has 6 atom stereocenters. The van der Waals surface area contributed by atoms with Gasteiger partial charge in [0.1, 0.15) is 0 Å². The number of hydrogen-bond acceptors (Lipinski definition) is 3. The van der Waals surface area contributed by atoms with Gasteiger partial charge in [0, 0.05) is 12.1 Å². The third-order valence-electron chi connectivity index (χ3n) is 8.85. The number of hydrogen-bond donors (Lipinski definition) is 3. The van der Waals surface area contributed by atoms with Gasteiger partial charge in [0.05, 0.1) is 6.10 Å². The predicted molar refractivity (Wildman–Crippen MR) is 122 cm³/mol. The summed E-state index contributed by atoms with van der Waals surface area (Å²) in [6.45, 7) is 2.93. The standard InChI is InChI=1S/C27H34N2O2/c1-27-10-9-22-21-7-5-17(15-28)13-18(21)6-8-23(22)24(27)14-20(25(27)30)12-16-3-2-4-19(11-16)26(29)31/h2-5,7,11,13,20,22-25,30H,6,8-10,12,14-15,28H2,1H3,(H2,29,31)/t20-,22?,23?,24?,25-,27-/m0/s1. The van der Waals surface area contributed by atoms with Crippen LogP contribution in [0.25, 0.3) is 0 Å². The van der Waals surface area contributed by atoms with Crippen molar-refractivity contribution in [1.82, 2.24) is 0 Å². The number of amides is 1. The summed E-state index contributed by atoms with van der Waals surface area (Å²) in [6.07, 6.45) is 6.15. The highest BCUT2D eigenvalue weighted by Gasteiger charge is 2.57. The number of fused-ring (bicyclic) bond motifs is 5. The molecule has 3 unspecified atom stereocenters. The van der Waals surface area contributed by atoms with Crippen molar-refractivity contribution < 1.29 is 9.90 Å². The predicted octanol–water partition coefficient (Wildman–Crippen LogP) is 3.93. The van der Waals surface area contributed by atoms with Crippen LogP contribution in [-0.2, 0) is 19.4 Å². The number of aliphatic hydroxyl groups excluding tert-OH is 1. The van der Waals surface area contributed by atoms with Crippen LogP contribution in [0.5, 0.6) is 0 Å². The zero-order valence-electron chi connectivity index (χ0n) is 18.4.